The van der Waals surface area contributed by atoms with Crippen molar-refractivity contribution in [3.8, 4) is 0 Å². The number of hydrogen-bond acceptors (Lipinski definition) is 3. The van der Waals surface area contributed by atoms with Gasteiger partial charge in [0.2, 0.25) is 0 Å². The molecular formula is C20H26N4O. The Balaban J connectivity index is 1.53. The van der Waals surface area contributed by atoms with E-state index < -0.39 is 0 Å². The quantitative estimate of drug-likeness (QED) is 0.901. The highest BCUT2D eigenvalue weighted by Crippen LogP contribution is 2.31. The lowest BCUT2D eigenvalue weighted by Gasteiger charge is -2.25. The van der Waals surface area contributed by atoms with Crippen molar-refractivity contribution >= 4 is 5.91 Å². The molecule has 2 heterocycles. The molecule has 132 valence electrons. The molecule has 2 aromatic rings. The predicted octanol–water partition coefficient (Wildman–Crippen LogP) is 2.96. The SMILES string of the molecule is O=C(NCc1nn(C2CCCCC2)c2c1CNCC2)c1ccccc1. The van der Waals surface area contributed by atoms with Gasteiger partial charge in [-0.25, -0.2) is 0 Å². The van der Waals surface area contributed by atoms with E-state index in [0.29, 0.717) is 18.2 Å². The number of carbonyl (C=O) groups excluding carboxylic acids is 1. The van der Waals surface area contributed by atoms with E-state index in [0.717, 1.165) is 25.2 Å². The summed E-state index contributed by atoms with van der Waals surface area (Å²) < 4.78 is 2.29. The normalized spacial score (nSPS) is 17.9. The van der Waals surface area contributed by atoms with Gasteiger partial charge in [0.1, 0.15) is 0 Å². The first-order valence-corrected chi connectivity index (χ1v) is 9.46. The Kier molecular flexibility index (Phi) is 4.83. The van der Waals surface area contributed by atoms with E-state index in [4.69, 9.17) is 5.10 Å². The van der Waals surface area contributed by atoms with E-state index in [1.165, 1.54) is 43.4 Å². The molecule has 0 radical (unpaired) electrons. The average Bonchev–Trinajstić information content (AvgIpc) is 3.06. The van der Waals surface area contributed by atoms with Gasteiger partial charge in [0, 0.05) is 36.3 Å². The lowest BCUT2D eigenvalue weighted by atomic mass is 9.95. The minimum absolute atomic E-state index is 0.0367. The number of amides is 1. The first-order valence-electron chi connectivity index (χ1n) is 9.46. The van der Waals surface area contributed by atoms with Crippen molar-refractivity contribution in [2.24, 2.45) is 0 Å². The van der Waals surface area contributed by atoms with Gasteiger partial charge in [-0.2, -0.15) is 5.10 Å². The van der Waals surface area contributed by atoms with Gasteiger partial charge in [-0.15, -0.1) is 0 Å². The second-order valence-electron chi connectivity index (χ2n) is 7.08. The zero-order valence-corrected chi connectivity index (χ0v) is 14.6. The first kappa shape index (κ1) is 16.3. The maximum absolute atomic E-state index is 12.3. The smallest absolute Gasteiger partial charge is 0.251 e. The highest BCUT2D eigenvalue weighted by atomic mass is 16.1. The van der Waals surface area contributed by atoms with Crippen LogP contribution in [0, 0.1) is 0 Å². The van der Waals surface area contributed by atoms with E-state index in [9.17, 15) is 4.79 Å². The monoisotopic (exact) mass is 338 g/mol. The van der Waals surface area contributed by atoms with Crippen molar-refractivity contribution in [1.82, 2.24) is 20.4 Å². The topological polar surface area (TPSA) is 59.0 Å². The summed E-state index contributed by atoms with van der Waals surface area (Å²) in [4.78, 5) is 12.3. The molecule has 5 nitrogen and oxygen atoms in total. The summed E-state index contributed by atoms with van der Waals surface area (Å²) in [5, 5.41) is 11.4. The summed E-state index contributed by atoms with van der Waals surface area (Å²) in [6.45, 7) is 2.37. The predicted molar refractivity (Wildman–Crippen MR) is 97.4 cm³/mol. The van der Waals surface area contributed by atoms with Gasteiger partial charge in [-0.05, 0) is 25.0 Å². The summed E-state index contributed by atoms with van der Waals surface area (Å²) in [5.74, 6) is -0.0367. The van der Waals surface area contributed by atoms with Crippen molar-refractivity contribution in [2.75, 3.05) is 6.54 Å². The molecule has 4 rings (SSSR count). The summed E-state index contributed by atoms with van der Waals surface area (Å²) in [7, 11) is 0. The summed E-state index contributed by atoms with van der Waals surface area (Å²) >= 11 is 0. The molecule has 2 N–H and O–H groups in total. The number of carbonyl (C=O) groups is 1. The minimum atomic E-state index is -0.0367. The third-order valence-electron chi connectivity index (χ3n) is 5.41. The average molecular weight is 338 g/mol. The number of aromatic nitrogens is 2. The van der Waals surface area contributed by atoms with Crippen LogP contribution in [0.4, 0.5) is 0 Å². The fraction of sp³-hybridized carbons (Fsp3) is 0.500. The molecule has 0 unspecified atom stereocenters. The van der Waals surface area contributed by atoms with Crippen molar-refractivity contribution in [2.45, 2.75) is 57.7 Å². The van der Waals surface area contributed by atoms with Crippen LogP contribution in [0.15, 0.2) is 30.3 Å². The number of hydrogen-bond donors (Lipinski definition) is 2. The molecule has 2 aliphatic rings. The second-order valence-corrected chi connectivity index (χ2v) is 7.08. The van der Waals surface area contributed by atoms with Crippen LogP contribution < -0.4 is 10.6 Å². The Morgan fingerprint density at radius 2 is 2.00 bits per heavy atom. The maximum Gasteiger partial charge on any atom is 0.251 e. The van der Waals surface area contributed by atoms with E-state index in [1.54, 1.807) is 0 Å². The molecule has 1 amide bonds. The standard InChI is InChI=1S/C20H26N4O/c25-20(15-7-3-1-4-8-15)22-14-18-17-13-21-12-11-19(17)24(23-18)16-9-5-2-6-10-16/h1,3-4,7-8,16,21H,2,5-6,9-14H2,(H,22,25). The molecule has 1 aliphatic carbocycles. The van der Waals surface area contributed by atoms with Crippen molar-refractivity contribution < 1.29 is 4.79 Å². The Morgan fingerprint density at radius 3 is 2.80 bits per heavy atom. The summed E-state index contributed by atoms with van der Waals surface area (Å²) in [5.41, 5.74) is 4.40. The molecule has 5 heteroatoms. The molecule has 1 aromatic heterocycles. The molecule has 1 aromatic carbocycles. The Hall–Kier alpha value is -2.14. The van der Waals surface area contributed by atoms with Crippen LogP contribution in [0.5, 0.6) is 0 Å². The number of nitrogens with one attached hydrogen (secondary N) is 2. The molecule has 1 saturated carbocycles. The van der Waals surface area contributed by atoms with Gasteiger partial charge in [0.25, 0.3) is 5.91 Å². The van der Waals surface area contributed by atoms with E-state index in [-0.39, 0.29) is 5.91 Å². The lowest BCUT2D eigenvalue weighted by molar-refractivity contribution is 0.0950. The van der Waals surface area contributed by atoms with Crippen LogP contribution in [0.3, 0.4) is 0 Å². The molecule has 25 heavy (non-hydrogen) atoms. The summed E-state index contributed by atoms with van der Waals surface area (Å²) in [6, 6.07) is 9.92. The lowest BCUT2D eigenvalue weighted by Crippen LogP contribution is -2.27. The fourth-order valence-electron chi connectivity index (χ4n) is 4.07. The first-order chi connectivity index (χ1) is 12.3. The van der Waals surface area contributed by atoms with Crippen LogP contribution in [0.25, 0.3) is 0 Å². The molecule has 1 fully saturated rings. The fourth-order valence-corrected chi connectivity index (χ4v) is 4.07. The number of fused-ring (bicyclic) bond motifs is 1. The highest BCUT2D eigenvalue weighted by Gasteiger charge is 2.25. The molecule has 0 spiro atoms. The van der Waals surface area contributed by atoms with Gasteiger partial charge in [0.05, 0.1) is 18.3 Å². The van der Waals surface area contributed by atoms with Crippen molar-refractivity contribution in [3.05, 3.63) is 52.8 Å². The van der Waals surface area contributed by atoms with Gasteiger partial charge < -0.3 is 10.6 Å². The zero-order valence-electron chi connectivity index (χ0n) is 14.6. The molecule has 0 atom stereocenters. The Morgan fingerprint density at radius 1 is 1.20 bits per heavy atom. The largest absolute Gasteiger partial charge is 0.346 e. The molecular weight excluding hydrogens is 312 g/mol. The van der Waals surface area contributed by atoms with Crippen LogP contribution in [0.2, 0.25) is 0 Å². The van der Waals surface area contributed by atoms with E-state index in [2.05, 4.69) is 15.3 Å². The Labute approximate surface area is 148 Å². The number of nitrogens with zero attached hydrogens (tertiary/aromatic N) is 2. The number of benzene rings is 1. The zero-order chi connectivity index (χ0) is 17.1. The highest BCUT2D eigenvalue weighted by molar-refractivity contribution is 5.94. The van der Waals surface area contributed by atoms with Crippen molar-refractivity contribution in [3.63, 3.8) is 0 Å². The Bertz CT molecular complexity index is 732. The van der Waals surface area contributed by atoms with Gasteiger partial charge >= 0.3 is 0 Å². The summed E-state index contributed by atoms with van der Waals surface area (Å²) in [6.07, 6.45) is 7.46. The molecule has 0 bridgehead atoms. The van der Waals surface area contributed by atoms with Crippen LogP contribution >= 0.6 is 0 Å². The van der Waals surface area contributed by atoms with Crippen LogP contribution in [-0.2, 0) is 19.5 Å². The minimum Gasteiger partial charge on any atom is -0.346 e. The van der Waals surface area contributed by atoms with Crippen LogP contribution in [0.1, 0.15) is 65.5 Å². The van der Waals surface area contributed by atoms with Gasteiger partial charge in [-0.1, -0.05) is 37.5 Å². The second kappa shape index (κ2) is 7.40. The molecule has 1 aliphatic heterocycles. The van der Waals surface area contributed by atoms with E-state index >= 15 is 0 Å². The third-order valence-corrected chi connectivity index (χ3v) is 5.41. The van der Waals surface area contributed by atoms with E-state index in [1.807, 2.05) is 30.3 Å². The van der Waals surface area contributed by atoms with Crippen LogP contribution in [-0.4, -0.2) is 22.2 Å². The van der Waals surface area contributed by atoms with Crippen molar-refractivity contribution in [1.29, 1.82) is 0 Å². The third kappa shape index (κ3) is 3.47. The van der Waals surface area contributed by atoms with Gasteiger partial charge in [0.15, 0.2) is 0 Å². The van der Waals surface area contributed by atoms with Gasteiger partial charge in [-0.3, -0.25) is 9.48 Å². The number of rotatable bonds is 4. The maximum atomic E-state index is 12.3. The molecule has 0 saturated heterocycles.